The monoisotopic (exact) mass is 270 g/mol. The summed E-state index contributed by atoms with van der Waals surface area (Å²) in [6.07, 6.45) is 2.02. The topological polar surface area (TPSA) is 66.6 Å². The molecule has 100 valence electrons. The zero-order valence-electron chi connectivity index (χ0n) is 10.5. The van der Waals surface area contributed by atoms with Crippen LogP contribution in [-0.4, -0.2) is 29.0 Å². The molecule has 3 N–H and O–H groups in total. The number of hydrogen-bond acceptors (Lipinski definition) is 3. The van der Waals surface area contributed by atoms with Gasteiger partial charge in [0.05, 0.1) is 6.54 Å². The fourth-order valence-electron chi connectivity index (χ4n) is 1.74. The first-order chi connectivity index (χ1) is 8.52. The number of hydrogen-bond donors (Lipinski definition) is 2. The quantitative estimate of drug-likeness (QED) is 0.798. The summed E-state index contributed by atoms with van der Waals surface area (Å²) in [6.45, 7) is 3.51. The van der Waals surface area contributed by atoms with Crippen molar-refractivity contribution in [2.75, 3.05) is 13.1 Å². The van der Waals surface area contributed by atoms with E-state index in [1.165, 1.54) is 0 Å². The van der Waals surface area contributed by atoms with Crippen molar-refractivity contribution >= 4 is 17.5 Å². The molecule has 0 saturated carbocycles. The highest BCUT2D eigenvalue weighted by molar-refractivity contribution is 6.30. The number of benzene rings is 1. The molecule has 0 aliphatic heterocycles. The Morgan fingerprint density at radius 1 is 1.50 bits per heavy atom. The standard InChI is InChI=1S/C13H19ClN2O2/c1-2-3-6-16(9-13(15)18)8-10-7-11(14)4-5-12(10)17/h4-5,7,17H,2-3,6,8-9H2,1H3,(H2,15,18). The van der Waals surface area contributed by atoms with Gasteiger partial charge in [0.1, 0.15) is 5.75 Å². The second-order valence-electron chi connectivity index (χ2n) is 4.30. The lowest BCUT2D eigenvalue weighted by Crippen LogP contribution is -2.34. The van der Waals surface area contributed by atoms with Gasteiger partial charge in [-0.15, -0.1) is 0 Å². The van der Waals surface area contributed by atoms with E-state index in [-0.39, 0.29) is 18.2 Å². The van der Waals surface area contributed by atoms with Crippen molar-refractivity contribution in [3.63, 3.8) is 0 Å². The fraction of sp³-hybridized carbons (Fsp3) is 0.462. The Kier molecular flexibility index (Phi) is 5.95. The highest BCUT2D eigenvalue weighted by Crippen LogP contribution is 2.22. The van der Waals surface area contributed by atoms with Crippen LogP contribution in [0, 0.1) is 0 Å². The van der Waals surface area contributed by atoms with E-state index in [2.05, 4.69) is 6.92 Å². The van der Waals surface area contributed by atoms with Crippen LogP contribution in [0.4, 0.5) is 0 Å². The van der Waals surface area contributed by atoms with E-state index >= 15 is 0 Å². The van der Waals surface area contributed by atoms with E-state index in [9.17, 15) is 9.90 Å². The molecular formula is C13H19ClN2O2. The summed E-state index contributed by atoms with van der Waals surface area (Å²) in [7, 11) is 0. The molecule has 5 heteroatoms. The maximum atomic E-state index is 11.0. The fourth-order valence-corrected chi connectivity index (χ4v) is 1.93. The van der Waals surface area contributed by atoms with Crippen molar-refractivity contribution in [3.05, 3.63) is 28.8 Å². The van der Waals surface area contributed by atoms with Crippen LogP contribution < -0.4 is 5.73 Å². The van der Waals surface area contributed by atoms with Crippen LogP contribution in [0.5, 0.6) is 5.75 Å². The molecule has 0 fully saturated rings. The van der Waals surface area contributed by atoms with Gasteiger partial charge in [0.25, 0.3) is 0 Å². The van der Waals surface area contributed by atoms with Crippen molar-refractivity contribution in [1.29, 1.82) is 0 Å². The molecule has 18 heavy (non-hydrogen) atoms. The predicted molar refractivity (Wildman–Crippen MR) is 72.5 cm³/mol. The number of carbonyl (C=O) groups excluding carboxylic acids is 1. The van der Waals surface area contributed by atoms with Gasteiger partial charge >= 0.3 is 0 Å². The number of phenols is 1. The molecule has 1 rings (SSSR count). The highest BCUT2D eigenvalue weighted by Gasteiger charge is 2.11. The molecule has 0 heterocycles. The molecule has 0 atom stereocenters. The molecule has 1 amide bonds. The summed E-state index contributed by atoms with van der Waals surface area (Å²) in [5, 5.41) is 10.3. The van der Waals surface area contributed by atoms with E-state index in [0.29, 0.717) is 17.1 Å². The van der Waals surface area contributed by atoms with Crippen LogP contribution >= 0.6 is 11.6 Å². The van der Waals surface area contributed by atoms with Crippen LogP contribution in [0.2, 0.25) is 5.02 Å². The van der Waals surface area contributed by atoms with Gasteiger partial charge in [-0.3, -0.25) is 9.69 Å². The van der Waals surface area contributed by atoms with Crippen molar-refractivity contribution in [1.82, 2.24) is 4.90 Å². The Morgan fingerprint density at radius 3 is 2.83 bits per heavy atom. The third kappa shape index (κ3) is 4.94. The van der Waals surface area contributed by atoms with Crippen LogP contribution in [-0.2, 0) is 11.3 Å². The molecular weight excluding hydrogens is 252 g/mol. The largest absolute Gasteiger partial charge is 0.508 e. The molecule has 4 nitrogen and oxygen atoms in total. The summed E-state index contributed by atoms with van der Waals surface area (Å²) in [6, 6.07) is 4.89. The molecule has 0 bridgehead atoms. The number of phenolic OH excluding ortho intramolecular Hbond substituents is 1. The second-order valence-corrected chi connectivity index (χ2v) is 4.74. The SMILES string of the molecule is CCCCN(CC(N)=O)Cc1cc(Cl)ccc1O. The van der Waals surface area contributed by atoms with Crippen LogP contribution in [0.3, 0.4) is 0 Å². The van der Waals surface area contributed by atoms with Crippen LogP contribution in [0.15, 0.2) is 18.2 Å². The normalized spacial score (nSPS) is 10.8. The molecule has 0 spiro atoms. The minimum atomic E-state index is -0.368. The number of carbonyl (C=O) groups is 1. The van der Waals surface area contributed by atoms with Crippen LogP contribution in [0.25, 0.3) is 0 Å². The van der Waals surface area contributed by atoms with Gasteiger partial charge in [-0.1, -0.05) is 24.9 Å². The van der Waals surface area contributed by atoms with Gasteiger partial charge in [0.2, 0.25) is 5.91 Å². The average molecular weight is 271 g/mol. The molecule has 0 unspecified atom stereocenters. The minimum absolute atomic E-state index is 0.186. The zero-order valence-corrected chi connectivity index (χ0v) is 11.3. The van der Waals surface area contributed by atoms with E-state index < -0.39 is 0 Å². The van der Waals surface area contributed by atoms with E-state index in [0.717, 1.165) is 19.4 Å². The van der Waals surface area contributed by atoms with E-state index in [1.807, 2.05) is 4.90 Å². The Labute approximate surface area is 112 Å². The molecule has 1 aromatic carbocycles. The molecule has 0 radical (unpaired) electrons. The van der Waals surface area contributed by atoms with Crippen LogP contribution in [0.1, 0.15) is 25.3 Å². The number of amides is 1. The summed E-state index contributed by atoms with van der Waals surface area (Å²) >= 11 is 5.89. The second kappa shape index (κ2) is 7.24. The number of halogens is 1. The first kappa shape index (κ1) is 14.8. The zero-order chi connectivity index (χ0) is 13.5. The van der Waals surface area contributed by atoms with Gasteiger partial charge in [-0.25, -0.2) is 0 Å². The summed E-state index contributed by atoms with van der Waals surface area (Å²) in [4.78, 5) is 12.9. The van der Waals surface area contributed by atoms with E-state index in [1.54, 1.807) is 18.2 Å². The number of primary amides is 1. The van der Waals surface area contributed by atoms with Crippen molar-refractivity contribution in [2.24, 2.45) is 5.73 Å². The van der Waals surface area contributed by atoms with Gasteiger partial charge in [0, 0.05) is 17.1 Å². The molecule has 0 aliphatic carbocycles. The molecule has 1 aromatic rings. The Bertz CT molecular complexity index is 410. The Morgan fingerprint density at radius 2 is 2.22 bits per heavy atom. The van der Waals surface area contributed by atoms with Crippen molar-refractivity contribution < 1.29 is 9.90 Å². The average Bonchev–Trinajstić information content (AvgIpc) is 2.30. The molecule has 0 aliphatic rings. The number of unbranched alkanes of at least 4 members (excludes halogenated alkanes) is 1. The van der Waals surface area contributed by atoms with Crippen molar-refractivity contribution in [2.45, 2.75) is 26.3 Å². The molecule has 0 aromatic heterocycles. The number of aromatic hydroxyl groups is 1. The van der Waals surface area contributed by atoms with Gasteiger partial charge < -0.3 is 10.8 Å². The minimum Gasteiger partial charge on any atom is -0.508 e. The Balaban J connectivity index is 2.74. The summed E-state index contributed by atoms with van der Waals surface area (Å²) < 4.78 is 0. The third-order valence-electron chi connectivity index (χ3n) is 2.64. The third-order valence-corrected chi connectivity index (χ3v) is 2.88. The lowest BCUT2D eigenvalue weighted by Gasteiger charge is -2.21. The first-order valence-corrected chi connectivity index (χ1v) is 6.38. The number of nitrogens with zero attached hydrogens (tertiary/aromatic N) is 1. The van der Waals surface area contributed by atoms with Crippen molar-refractivity contribution in [3.8, 4) is 5.75 Å². The van der Waals surface area contributed by atoms with Gasteiger partial charge in [-0.2, -0.15) is 0 Å². The summed E-state index contributed by atoms with van der Waals surface area (Å²) in [5.74, 6) is -0.182. The first-order valence-electron chi connectivity index (χ1n) is 6.01. The predicted octanol–water partition coefficient (Wildman–Crippen LogP) is 2.13. The van der Waals surface area contributed by atoms with Gasteiger partial charge in [0.15, 0.2) is 0 Å². The Hall–Kier alpha value is -1.26. The highest BCUT2D eigenvalue weighted by atomic mass is 35.5. The number of nitrogens with two attached hydrogens (primary N) is 1. The maximum absolute atomic E-state index is 11.0. The van der Waals surface area contributed by atoms with E-state index in [4.69, 9.17) is 17.3 Å². The molecule has 0 saturated heterocycles. The van der Waals surface area contributed by atoms with Gasteiger partial charge in [-0.05, 0) is 31.2 Å². The lowest BCUT2D eigenvalue weighted by atomic mass is 10.1. The number of rotatable bonds is 7. The summed E-state index contributed by atoms with van der Waals surface area (Å²) in [5.41, 5.74) is 5.93. The lowest BCUT2D eigenvalue weighted by molar-refractivity contribution is -0.119. The maximum Gasteiger partial charge on any atom is 0.231 e. The smallest absolute Gasteiger partial charge is 0.231 e.